The molecule has 0 bridgehead atoms. The number of amides is 1. The molecule has 114 valence electrons. The largest absolute Gasteiger partial charge is 0.320 e. The third-order valence-corrected chi connectivity index (χ3v) is 4.89. The van der Waals surface area contributed by atoms with Crippen LogP contribution in [0.4, 0.5) is 11.4 Å². The summed E-state index contributed by atoms with van der Waals surface area (Å²) in [6, 6.07) is 3.11. The van der Waals surface area contributed by atoms with Gasteiger partial charge in [-0.15, -0.1) is 0 Å². The van der Waals surface area contributed by atoms with Crippen LogP contribution in [0.25, 0.3) is 0 Å². The second kappa shape index (κ2) is 4.96. The lowest BCUT2D eigenvalue weighted by Gasteiger charge is -2.08. The van der Waals surface area contributed by atoms with Crippen LogP contribution in [0.5, 0.6) is 0 Å². The maximum Gasteiger partial charge on any atom is 0.294 e. The molecular formula is C12H13ClN2O5S. The predicted octanol–water partition coefficient (Wildman–Crippen LogP) is 2.51. The zero-order valence-electron chi connectivity index (χ0n) is 11.3. The Morgan fingerprint density at radius 2 is 2.05 bits per heavy atom. The van der Waals surface area contributed by atoms with Crippen molar-refractivity contribution in [3.63, 3.8) is 0 Å². The molecule has 1 fully saturated rings. The second-order valence-electron chi connectivity index (χ2n) is 5.61. The van der Waals surface area contributed by atoms with Crippen LogP contribution in [-0.2, 0) is 13.8 Å². The van der Waals surface area contributed by atoms with Crippen molar-refractivity contribution in [1.29, 1.82) is 0 Å². The maximum absolute atomic E-state index is 12.0. The first-order valence-corrected chi connectivity index (χ1v) is 8.37. The summed E-state index contributed by atoms with van der Waals surface area (Å²) in [6.45, 7) is 3.85. The Kier molecular flexibility index (Phi) is 3.71. The molecule has 1 aliphatic carbocycles. The molecule has 0 heterocycles. The highest BCUT2D eigenvalue weighted by molar-refractivity contribution is 8.13. The van der Waals surface area contributed by atoms with Crippen molar-refractivity contribution in [1.82, 2.24) is 0 Å². The van der Waals surface area contributed by atoms with Crippen LogP contribution in [0.1, 0.15) is 20.3 Å². The van der Waals surface area contributed by atoms with Crippen molar-refractivity contribution >= 4 is 37.0 Å². The number of benzene rings is 1. The van der Waals surface area contributed by atoms with Crippen molar-refractivity contribution in [2.24, 2.45) is 11.3 Å². The van der Waals surface area contributed by atoms with E-state index in [1.54, 1.807) is 0 Å². The first-order valence-electron chi connectivity index (χ1n) is 6.06. The normalized spacial score (nSPS) is 19.9. The van der Waals surface area contributed by atoms with E-state index in [-0.39, 0.29) is 27.8 Å². The third kappa shape index (κ3) is 3.33. The van der Waals surface area contributed by atoms with Gasteiger partial charge < -0.3 is 5.32 Å². The van der Waals surface area contributed by atoms with E-state index in [9.17, 15) is 23.3 Å². The highest BCUT2D eigenvalue weighted by Gasteiger charge is 2.50. The number of nitro benzene ring substituents is 1. The average Bonchev–Trinajstić information content (AvgIpc) is 2.97. The molecule has 1 aliphatic rings. The molecule has 1 unspecified atom stereocenters. The summed E-state index contributed by atoms with van der Waals surface area (Å²) in [5.41, 5.74) is -0.668. The highest BCUT2D eigenvalue weighted by atomic mass is 35.7. The van der Waals surface area contributed by atoms with Crippen molar-refractivity contribution in [2.75, 3.05) is 5.32 Å². The molecule has 1 aromatic carbocycles. The Hall–Kier alpha value is -1.67. The summed E-state index contributed by atoms with van der Waals surface area (Å²) in [7, 11) is 1.08. The fraction of sp³-hybridized carbons (Fsp3) is 0.417. The van der Waals surface area contributed by atoms with Crippen LogP contribution in [0.15, 0.2) is 23.1 Å². The zero-order chi connectivity index (χ0) is 16.0. The molecule has 0 saturated heterocycles. The van der Waals surface area contributed by atoms with Gasteiger partial charge in [-0.2, -0.15) is 0 Å². The number of nitrogens with zero attached hydrogens (tertiary/aromatic N) is 1. The van der Waals surface area contributed by atoms with E-state index in [0.29, 0.717) is 6.42 Å². The Labute approximate surface area is 125 Å². The van der Waals surface area contributed by atoms with Gasteiger partial charge in [0.05, 0.1) is 9.82 Å². The third-order valence-electron chi connectivity index (χ3n) is 3.54. The summed E-state index contributed by atoms with van der Waals surface area (Å²) in [5.74, 6) is -0.516. The number of carbonyl (C=O) groups excluding carboxylic acids is 1. The molecule has 0 spiro atoms. The topological polar surface area (TPSA) is 106 Å². The molecule has 1 N–H and O–H groups in total. The molecular weight excluding hydrogens is 320 g/mol. The summed E-state index contributed by atoms with van der Waals surface area (Å²) >= 11 is 0. The van der Waals surface area contributed by atoms with E-state index in [0.717, 1.165) is 12.1 Å². The predicted molar refractivity (Wildman–Crippen MR) is 76.7 cm³/mol. The lowest BCUT2D eigenvalue weighted by Crippen LogP contribution is -2.17. The van der Waals surface area contributed by atoms with Crippen LogP contribution in [0, 0.1) is 21.4 Å². The average molecular weight is 333 g/mol. The molecule has 1 atom stereocenters. The molecule has 7 nitrogen and oxygen atoms in total. The number of hydrogen-bond acceptors (Lipinski definition) is 5. The van der Waals surface area contributed by atoms with E-state index in [2.05, 4.69) is 5.32 Å². The van der Waals surface area contributed by atoms with E-state index in [1.165, 1.54) is 6.07 Å². The lowest BCUT2D eigenvalue weighted by atomic mass is 10.1. The minimum absolute atomic E-state index is 0.0447. The SMILES string of the molecule is CC1(C)CC1C(=O)Nc1ccc(S(=O)(=O)Cl)cc1[N+](=O)[O-]. The molecule has 1 amide bonds. The number of rotatable bonds is 4. The van der Waals surface area contributed by atoms with Gasteiger partial charge in [0, 0.05) is 22.7 Å². The Morgan fingerprint density at radius 1 is 1.48 bits per heavy atom. The van der Waals surface area contributed by atoms with Crippen LogP contribution < -0.4 is 5.32 Å². The molecule has 21 heavy (non-hydrogen) atoms. The number of halogens is 1. The van der Waals surface area contributed by atoms with Gasteiger partial charge in [-0.25, -0.2) is 8.42 Å². The monoisotopic (exact) mass is 332 g/mol. The minimum Gasteiger partial charge on any atom is -0.320 e. The fourth-order valence-electron chi connectivity index (χ4n) is 2.05. The standard InChI is InChI=1S/C12H13ClN2O5S/c1-12(2)6-8(12)11(16)14-9-4-3-7(21(13,19)20)5-10(9)15(17)18/h3-5,8H,6H2,1-2H3,(H,14,16). The summed E-state index contributed by atoms with van der Waals surface area (Å²) in [4.78, 5) is 21.8. The molecule has 2 rings (SSSR count). The van der Waals surface area contributed by atoms with Gasteiger partial charge in [-0.05, 0) is 24.0 Å². The molecule has 9 heteroatoms. The van der Waals surface area contributed by atoms with Crippen molar-refractivity contribution in [3.05, 3.63) is 28.3 Å². The van der Waals surface area contributed by atoms with Gasteiger partial charge in [0.15, 0.2) is 0 Å². The smallest absolute Gasteiger partial charge is 0.294 e. The van der Waals surface area contributed by atoms with Gasteiger partial charge in [0.2, 0.25) is 5.91 Å². The molecule has 1 aromatic rings. The van der Waals surface area contributed by atoms with Crippen molar-refractivity contribution < 1.29 is 18.1 Å². The van der Waals surface area contributed by atoms with Crippen LogP contribution >= 0.6 is 10.7 Å². The van der Waals surface area contributed by atoms with Crippen LogP contribution in [-0.4, -0.2) is 19.2 Å². The first kappa shape index (κ1) is 15.7. The number of anilines is 1. The minimum atomic E-state index is -4.07. The molecule has 0 radical (unpaired) electrons. The number of carbonyl (C=O) groups is 1. The zero-order valence-corrected chi connectivity index (χ0v) is 12.9. The Balaban J connectivity index is 2.32. The quantitative estimate of drug-likeness (QED) is 0.518. The first-order chi connectivity index (χ1) is 9.52. The maximum atomic E-state index is 12.0. The molecule has 0 aromatic heterocycles. The lowest BCUT2D eigenvalue weighted by molar-refractivity contribution is -0.384. The highest BCUT2D eigenvalue weighted by Crippen LogP contribution is 2.52. The Morgan fingerprint density at radius 3 is 2.48 bits per heavy atom. The number of nitrogens with one attached hydrogen (secondary N) is 1. The van der Waals surface area contributed by atoms with E-state index in [4.69, 9.17) is 10.7 Å². The summed E-state index contributed by atoms with van der Waals surface area (Å²) in [6.07, 6.45) is 0.709. The van der Waals surface area contributed by atoms with E-state index < -0.39 is 19.7 Å². The fourth-order valence-corrected chi connectivity index (χ4v) is 2.83. The number of hydrogen-bond donors (Lipinski definition) is 1. The van der Waals surface area contributed by atoms with Gasteiger partial charge in [-0.3, -0.25) is 14.9 Å². The van der Waals surface area contributed by atoms with Crippen LogP contribution in [0.3, 0.4) is 0 Å². The van der Waals surface area contributed by atoms with Gasteiger partial charge in [0.25, 0.3) is 14.7 Å². The van der Waals surface area contributed by atoms with Crippen molar-refractivity contribution in [3.8, 4) is 0 Å². The molecule has 1 saturated carbocycles. The van der Waals surface area contributed by atoms with E-state index in [1.807, 2.05) is 13.8 Å². The van der Waals surface area contributed by atoms with Gasteiger partial charge >= 0.3 is 0 Å². The Bertz CT molecular complexity index is 729. The van der Waals surface area contributed by atoms with Gasteiger partial charge in [0.1, 0.15) is 5.69 Å². The van der Waals surface area contributed by atoms with E-state index >= 15 is 0 Å². The van der Waals surface area contributed by atoms with Gasteiger partial charge in [-0.1, -0.05) is 13.8 Å². The molecule has 0 aliphatic heterocycles. The second-order valence-corrected chi connectivity index (χ2v) is 8.17. The number of nitro groups is 1. The summed E-state index contributed by atoms with van der Waals surface area (Å²) in [5, 5.41) is 13.5. The van der Waals surface area contributed by atoms with Crippen molar-refractivity contribution in [2.45, 2.75) is 25.2 Å². The van der Waals surface area contributed by atoms with Crippen LogP contribution in [0.2, 0.25) is 0 Å². The summed E-state index contributed by atoms with van der Waals surface area (Å²) < 4.78 is 22.4.